The fourth-order valence-electron chi connectivity index (χ4n) is 1.66. The van der Waals surface area contributed by atoms with Crippen LogP contribution in [0.1, 0.15) is 46.5 Å². The van der Waals surface area contributed by atoms with Gasteiger partial charge in [-0.25, -0.2) is 0 Å². The molecule has 0 saturated heterocycles. The fraction of sp³-hybridized carbons (Fsp3) is 0.750. The van der Waals surface area contributed by atoms with Gasteiger partial charge in [0.1, 0.15) is 5.60 Å². The van der Waals surface area contributed by atoms with E-state index >= 15 is 0 Å². The number of ether oxygens (including phenoxy) is 1. The Kier molecular flexibility index (Phi) is 3.73. The molecule has 80 valence electrons. The first-order chi connectivity index (χ1) is 6.47. The second-order valence-electron chi connectivity index (χ2n) is 4.94. The van der Waals surface area contributed by atoms with E-state index in [1.807, 2.05) is 20.8 Å². The first kappa shape index (κ1) is 11.3. The standard InChI is InChI=1S/C12H20O2/c1-12(2,3)14-11(13)9-10-7-5-4-6-8-10/h4-5,10H,6-9H2,1-3H3/t10-/m0/s1. The topological polar surface area (TPSA) is 26.3 Å². The third-order valence-corrected chi connectivity index (χ3v) is 2.25. The molecule has 0 N–H and O–H groups in total. The van der Waals surface area contributed by atoms with Crippen LogP contribution in [0.15, 0.2) is 12.2 Å². The molecule has 0 aromatic carbocycles. The second kappa shape index (κ2) is 4.63. The van der Waals surface area contributed by atoms with E-state index in [9.17, 15) is 4.79 Å². The van der Waals surface area contributed by atoms with Gasteiger partial charge in [0.05, 0.1) is 0 Å². The van der Waals surface area contributed by atoms with Crippen molar-refractivity contribution in [3.63, 3.8) is 0 Å². The van der Waals surface area contributed by atoms with E-state index in [0.29, 0.717) is 12.3 Å². The molecule has 1 aliphatic rings. The number of hydrogen-bond acceptors (Lipinski definition) is 2. The van der Waals surface area contributed by atoms with Crippen LogP contribution in [0, 0.1) is 5.92 Å². The van der Waals surface area contributed by atoms with Gasteiger partial charge < -0.3 is 4.74 Å². The number of hydrogen-bond donors (Lipinski definition) is 0. The van der Waals surface area contributed by atoms with Gasteiger partial charge in [-0.1, -0.05) is 12.2 Å². The van der Waals surface area contributed by atoms with Crippen molar-refractivity contribution in [3.8, 4) is 0 Å². The highest BCUT2D eigenvalue weighted by molar-refractivity contribution is 5.70. The largest absolute Gasteiger partial charge is 0.460 e. The molecule has 0 amide bonds. The van der Waals surface area contributed by atoms with Gasteiger partial charge in [-0.05, 0) is 46.0 Å². The lowest BCUT2D eigenvalue weighted by Gasteiger charge is -2.22. The Morgan fingerprint density at radius 1 is 1.43 bits per heavy atom. The van der Waals surface area contributed by atoms with Gasteiger partial charge in [0.25, 0.3) is 0 Å². The molecule has 0 aromatic rings. The molecule has 0 unspecified atom stereocenters. The van der Waals surface area contributed by atoms with Gasteiger partial charge >= 0.3 is 5.97 Å². The molecule has 14 heavy (non-hydrogen) atoms. The van der Waals surface area contributed by atoms with Crippen LogP contribution in [0.5, 0.6) is 0 Å². The van der Waals surface area contributed by atoms with E-state index in [4.69, 9.17) is 4.74 Å². The lowest BCUT2D eigenvalue weighted by Crippen LogP contribution is -2.25. The summed E-state index contributed by atoms with van der Waals surface area (Å²) in [6.07, 6.45) is 8.17. The first-order valence-corrected chi connectivity index (χ1v) is 5.34. The number of allylic oxidation sites excluding steroid dienone is 2. The van der Waals surface area contributed by atoms with Gasteiger partial charge in [-0.3, -0.25) is 4.79 Å². The summed E-state index contributed by atoms with van der Waals surface area (Å²) in [7, 11) is 0. The maximum absolute atomic E-state index is 11.5. The number of rotatable bonds is 2. The van der Waals surface area contributed by atoms with Crippen LogP contribution in [0.25, 0.3) is 0 Å². The molecule has 1 rings (SSSR count). The predicted molar refractivity (Wildman–Crippen MR) is 56.9 cm³/mol. The minimum Gasteiger partial charge on any atom is -0.460 e. The van der Waals surface area contributed by atoms with Crippen LogP contribution < -0.4 is 0 Å². The maximum Gasteiger partial charge on any atom is 0.306 e. The van der Waals surface area contributed by atoms with Crippen molar-refractivity contribution in [3.05, 3.63) is 12.2 Å². The van der Waals surface area contributed by atoms with E-state index in [2.05, 4.69) is 12.2 Å². The molecule has 0 bridgehead atoms. The highest BCUT2D eigenvalue weighted by Crippen LogP contribution is 2.22. The Balaban J connectivity index is 2.30. The minimum atomic E-state index is -0.346. The van der Waals surface area contributed by atoms with Crippen molar-refractivity contribution in [2.24, 2.45) is 5.92 Å². The average molecular weight is 196 g/mol. The summed E-state index contributed by atoms with van der Waals surface area (Å²) in [5.74, 6) is 0.438. The summed E-state index contributed by atoms with van der Waals surface area (Å²) in [5, 5.41) is 0. The number of esters is 1. The molecule has 2 heteroatoms. The zero-order valence-corrected chi connectivity index (χ0v) is 9.38. The lowest BCUT2D eigenvalue weighted by molar-refractivity contribution is -0.156. The van der Waals surface area contributed by atoms with E-state index in [1.165, 1.54) is 0 Å². The monoisotopic (exact) mass is 196 g/mol. The zero-order valence-electron chi connectivity index (χ0n) is 9.38. The van der Waals surface area contributed by atoms with Crippen LogP contribution in [0.2, 0.25) is 0 Å². The minimum absolute atomic E-state index is 0.0576. The molecule has 2 nitrogen and oxygen atoms in total. The van der Waals surface area contributed by atoms with Crippen molar-refractivity contribution in [2.75, 3.05) is 0 Å². The molecule has 1 atom stereocenters. The van der Waals surface area contributed by atoms with Gasteiger partial charge in [-0.2, -0.15) is 0 Å². The highest BCUT2D eigenvalue weighted by atomic mass is 16.6. The van der Waals surface area contributed by atoms with Crippen LogP contribution in [-0.2, 0) is 9.53 Å². The van der Waals surface area contributed by atoms with E-state index in [1.54, 1.807) is 0 Å². The molecule has 0 spiro atoms. The molecule has 0 heterocycles. The third kappa shape index (κ3) is 4.45. The summed E-state index contributed by atoms with van der Waals surface area (Å²) < 4.78 is 5.28. The Morgan fingerprint density at radius 2 is 2.14 bits per heavy atom. The van der Waals surface area contributed by atoms with Crippen molar-refractivity contribution in [2.45, 2.75) is 52.1 Å². The Labute approximate surface area is 86.3 Å². The lowest BCUT2D eigenvalue weighted by atomic mass is 9.91. The fourth-order valence-corrected chi connectivity index (χ4v) is 1.66. The summed E-state index contributed by atoms with van der Waals surface area (Å²) >= 11 is 0. The molecule has 0 radical (unpaired) electrons. The molecule has 0 fully saturated rings. The van der Waals surface area contributed by atoms with Crippen LogP contribution >= 0.6 is 0 Å². The van der Waals surface area contributed by atoms with Crippen LogP contribution in [-0.4, -0.2) is 11.6 Å². The Morgan fingerprint density at radius 3 is 2.64 bits per heavy atom. The van der Waals surface area contributed by atoms with E-state index in [-0.39, 0.29) is 11.6 Å². The van der Waals surface area contributed by atoms with Crippen molar-refractivity contribution in [1.29, 1.82) is 0 Å². The van der Waals surface area contributed by atoms with Gasteiger partial charge in [0, 0.05) is 6.42 Å². The van der Waals surface area contributed by atoms with Crippen molar-refractivity contribution < 1.29 is 9.53 Å². The molecule has 1 aliphatic carbocycles. The van der Waals surface area contributed by atoms with Crippen LogP contribution in [0.4, 0.5) is 0 Å². The molecule has 0 aliphatic heterocycles. The Hall–Kier alpha value is -0.790. The smallest absolute Gasteiger partial charge is 0.306 e. The summed E-state index contributed by atoms with van der Waals surface area (Å²) in [5.41, 5.74) is -0.346. The average Bonchev–Trinajstić information content (AvgIpc) is 2.02. The summed E-state index contributed by atoms with van der Waals surface area (Å²) in [6.45, 7) is 5.73. The zero-order chi connectivity index (χ0) is 10.6. The summed E-state index contributed by atoms with van der Waals surface area (Å²) in [4.78, 5) is 11.5. The van der Waals surface area contributed by atoms with E-state index < -0.39 is 0 Å². The van der Waals surface area contributed by atoms with Gasteiger partial charge in [0.2, 0.25) is 0 Å². The highest BCUT2D eigenvalue weighted by Gasteiger charge is 2.20. The molecule has 0 saturated carbocycles. The SMILES string of the molecule is CC(C)(C)OC(=O)C[C@H]1CC=CCC1. The molecular weight excluding hydrogens is 176 g/mol. The van der Waals surface area contributed by atoms with Gasteiger partial charge in [-0.15, -0.1) is 0 Å². The van der Waals surface area contributed by atoms with Crippen molar-refractivity contribution in [1.82, 2.24) is 0 Å². The van der Waals surface area contributed by atoms with Crippen LogP contribution in [0.3, 0.4) is 0 Å². The quantitative estimate of drug-likeness (QED) is 0.501. The van der Waals surface area contributed by atoms with E-state index in [0.717, 1.165) is 19.3 Å². The van der Waals surface area contributed by atoms with Gasteiger partial charge in [0.15, 0.2) is 0 Å². The Bertz CT molecular complexity index is 223. The maximum atomic E-state index is 11.5. The normalized spacial score (nSPS) is 22.1. The first-order valence-electron chi connectivity index (χ1n) is 5.34. The third-order valence-electron chi connectivity index (χ3n) is 2.25. The number of carbonyl (C=O) groups is 1. The van der Waals surface area contributed by atoms with Crippen molar-refractivity contribution >= 4 is 5.97 Å². The second-order valence-corrected chi connectivity index (χ2v) is 4.94. The summed E-state index contributed by atoms with van der Waals surface area (Å²) in [6, 6.07) is 0. The molecular formula is C12H20O2. The number of carbonyl (C=O) groups excluding carboxylic acids is 1. The predicted octanol–water partition coefficient (Wildman–Crippen LogP) is 3.07. The molecule has 0 aromatic heterocycles.